The van der Waals surface area contributed by atoms with Crippen LogP contribution in [-0.4, -0.2) is 30.7 Å². The van der Waals surface area contributed by atoms with Crippen molar-refractivity contribution in [2.45, 2.75) is 0 Å². The fourth-order valence-electron chi connectivity index (χ4n) is 2.48. The predicted octanol–water partition coefficient (Wildman–Crippen LogP) is 2.78. The Kier molecular flexibility index (Phi) is 4.39. The maximum Gasteiger partial charge on any atom is 0.261 e. The number of rotatable bonds is 4. The summed E-state index contributed by atoms with van der Waals surface area (Å²) in [6, 6.07) is 7.07. The zero-order valence-corrected chi connectivity index (χ0v) is 14.3. The normalized spacial score (nSPS) is 11.3. The highest BCUT2D eigenvalue weighted by Gasteiger charge is 2.16. The van der Waals surface area contributed by atoms with Gasteiger partial charge in [0.25, 0.3) is 11.5 Å². The van der Waals surface area contributed by atoms with Crippen molar-refractivity contribution in [3.8, 4) is 0 Å². The van der Waals surface area contributed by atoms with Crippen LogP contribution in [0.1, 0.15) is 9.67 Å². The minimum absolute atomic E-state index is 0.137. The van der Waals surface area contributed by atoms with Gasteiger partial charge in [-0.15, -0.1) is 11.3 Å². The number of fused-ring (bicyclic) bond motifs is 3. The molecule has 2 heterocycles. The number of pyridine rings is 1. The summed E-state index contributed by atoms with van der Waals surface area (Å²) >= 11 is 7.35. The first-order chi connectivity index (χ1) is 11.0. The first kappa shape index (κ1) is 16.0. The Morgan fingerprint density at radius 3 is 2.87 bits per heavy atom. The van der Waals surface area contributed by atoms with Gasteiger partial charge in [-0.2, -0.15) is 0 Å². The van der Waals surface area contributed by atoms with E-state index < -0.39 is 0 Å². The molecule has 1 amide bonds. The Hall–Kier alpha value is -1.89. The van der Waals surface area contributed by atoms with E-state index in [4.69, 9.17) is 16.3 Å². The molecule has 0 saturated carbocycles. The monoisotopic (exact) mass is 350 g/mol. The number of aryl methyl sites for hydroxylation is 1. The second kappa shape index (κ2) is 6.31. The smallest absolute Gasteiger partial charge is 0.261 e. The average molecular weight is 351 g/mol. The van der Waals surface area contributed by atoms with Crippen molar-refractivity contribution in [3.05, 3.63) is 44.5 Å². The number of halogens is 1. The lowest BCUT2D eigenvalue weighted by Crippen LogP contribution is -2.26. The summed E-state index contributed by atoms with van der Waals surface area (Å²) in [5, 5.41) is 4.79. The minimum Gasteiger partial charge on any atom is -0.383 e. The molecule has 120 valence electrons. The molecule has 0 aliphatic rings. The number of aromatic nitrogens is 1. The highest BCUT2D eigenvalue weighted by atomic mass is 35.5. The maximum absolute atomic E-state index is 12.5. The summed E-state index contributed by atoms with van der Waals surface area (Å²) in [5.41, 5.74) is 0.616. The summed E-state index contributed by atoms with van der Waals surface area (Å²) in [5.74, 6) is -0.201. The first-order valence-corrected chi connectivity index (χ1v) is 8.21. The Morgan fingerprint density at radius 2 is 2.13 bits per heavy atom. The molecular formula is C16H15ClN2O3S. The van der Waals surface area contributed by atoms with Crippen molar-refractivity contribution >= 4 is 49.8 Å². The molecule has 2 aromatic heterocycles. The molecule has 0 spiro atoms. The van der Waals surface area contributed by atoms with Crippen LogP contribution in [0.4, 0.5) is 0 Å². The molecule has 3 rings (SSSR count). The SMILES string of the molecule is COCCNC(=O)c1cc2c(=O)n(C)c3cc(Cl)ccc3c2s1. The van der Waals surface area contributed by atoms with Crippen LogP contribution in [0.15, 0.2) is 29.1 Å². The number of thiophene rings is 1. The third-order valence-corrected chi connectivity index (χ3v) is 5.05. The van der Waals surface area contributed by atoms with E-state index in [1.807, 2.05) is 6.07 Å². The lowest BCUT2D eigenvalue weighted by Gasteiger charge is -2.06. The van der Waals surface area contributed by atoms with Crippen LogP contribution < -0.4 is 10.9 Å². The van der Waals surface area contributed by atoms with Crippen LogP contribution in [0, 0.1) is 0 Å². The van der Waals surface area contributed by atoms with Gasteiger partial charge in [-0.1, -0.05) is 11.6 Å². The average Bonchev–Trinajstić information content (AvgIpc) is 2.98. The molecule has 0 fully saturated rings. The summed E-state index contributed by atoms with van der Waals surface area (Å²) in [6.45, 7) is 0.873. The highest BCUT2D eigenvalue weighted by molar-refractivity contribution is 7.21. The molecule has 0 unspecified atom stereocenters. The number of nitrogens with one attached hydrogen (secondary N) is 1. The van der Waals surface area contributed by atoms with E-state index in [0.717, 1.165) is 15.6 Å². The maximum atomic E-state index is 12.5. The molecule has 3 aromatic rings. The van der Waals surface area contributed by atoms with Crippen molar-refractivity contribution in [2.75, 3.05) is 20.3 Å². The zero-order chi connectivity index (χ0) is 16.6. The van der Waals surface area contributed by atoms with Gasteiger partial charge >= 0.3 is 0 Å². The third kappa shape index (κ3) is 2.85. The molecule has 7 heteroatoms. The zero-order valence-electron chi connectivity index (χ0n) is 12.7. The van der Waals surface area contributed by atoms with Crippen molar-refractivity contribution in [1.29, 1.82) is 0 Å². The third-order valence-electron chi connectivity index (χ3n) is 3.65. The molecule has 0 saturated heterocycles. The van der Waals surface area contributed by atoms with Crippen LogP contribution in [-0.2, 0) is 11.8 Å². The van der Waals surface area contributed by atoms with Gasteiger partial charge in [0.05, 0.1) is 22.4 Å². The number of benzene rings is 1. The molecule has 0 aliphatic carbocycles. The fourth-order valence-corrected chi connectivity index (χ4v) is 3.75. The van der Waals surface area contributed by atoms with E-state index in [2.05, 4.69) is 5.32 Å². The molecule has 1 aromatic carbocycles. The second-order valence-corrected chi connectivity index (χ2v) is 6.62. The number of amides is 1. The van der Waals surface area contributed by atoms with Gasteiger partial charge in [-0.25, -0.2) is 0 Å². The topological polar surface area (TPSA) is 60.3 Å². The quantitative estimate of drug-likeness (QED) is 0.736. The van der Waals surface area contributed by atoms with Gasteiger partial charge < -0.3 is 14.6 Å². The molecular weight excluding hydrogens is 336 g/mol. The number of carbonyl (C=O) groups excluding carboxylic acids is 1. The second-order valence-electron chi connectivity index (χ2n) is 5.13. The highest BCUT2D eigenvalue weighted by Crippen LogP contribution is 2.31. The van der Waals surface area contributed by atoms with Gasteiger partial charge in [0.2, 0.25) is 0 Å². The minimum atomic E-state index is -0.201. The summed E-state index contributed by atoms with van der Waals surface area (Å²) < 4.78 is 7.27. The Bertz CT molecular complexity index is 961. The molecule has 1 N–H and O–H groups in total. The van der Waals surface area contributed by atoms with E-state index in [-0.39, 0.29) is 11.5 Å². The number of ether oxygens (including phenoxy) is 1. The van der Waals surface area contributed by atoms with Gasteiger partial charge in [0.1, 0.15) is 0 Å². The van der Waals surface area contributed by atoms with Crippen LogP contribution in [0.5, 0.6) is 0 Å². The van der Waals surface area contributed by atoms with Crippen LogP contribution >= 0.6 is 22.9 Å². The van der Waals surface area contributed by atoms with Crippen LogP contribution in [0.3, 0.4) is 0 Å². The molecule has 5 nitrogen and oxygen atoms in total. The largest absolute Gasteiger partial charge is 0.383 e. The van der Waals surface area contributed by atoms with Gasteiger partial charge in [-0.05, 0) is 24.3 Å². The molecule has 0 atom stereocenters. The summed E-state index contributed by atoms with van der Waals surface area (Å²) in [7, 11) is 3.28. The Balaban J connectivity index is 2.16. The number of hydrogen-bond acceptors (Lipinski definition) is 4. The molecule has 23 heavy (non-hydrogen) atoms. The molecule has 0 bridgehead atoms. The van der Waals surface area contributed by atoms with E-state index >= 15 is 0 Å². The van der Waals surface area contributed by atoms with Crippen LogP contribution in [0.25, 0.3) is 21.0 Å². The summed E-state index contributed by atoms with van der Waals surface area (Å²) in [6.07, 6.45) is 0. The van der Waals surface area contributed by atoms with Crippen molar-refractivity contribution in [1.82, 2.24) is 9.88 Å². The predicted molar refractivity (Wildman–Crippen MR) is 93.8 cm³/mol. The van der Waals surface area contributed by atoms with E-state index in [9.17, 15) is 9.59 Å². The number of hydrogen-bond donors (Lipinski definition) is 1. The Morgan fingerprint density at radius 1 is 1.35 bits per heavy atom. The lowest BCUT2D eigenvalue weighted by atomic mass is 10.1. The van der Waals surface area contributed by atoms with Crippen molar-refractivity contribution in [3.63, 3.8) is 0 Å². The van der Waals surface area contributed by atoms with Gasteiger partial charge in [0.15, 0.2) is 0 Å². The number of methoxy groups -OCH3 is 1. The van der Waals surface area contributed by atoms with Crippen LogP contribution in [0.2, 0.25) is 5.02 Å². The molecule has 0 aliphatic heterocycles. The Labute approximate surface area is 141 Å². The van der Waals surface area contributed by atoms with E-state index in [0.29, 0.717) is 28.4 Å². The number of carbonyl (C=O) groups is 1. The van der Waals surface area contributed by atoms with Gasteiger partial charge in [-0.3, -0.25) is 9.59 Å². The number of nitrogens with zero attached hydrogens (tertiary/aromatic N) is 1. The standard InChI is InChI=1S/C16H15ClN2O3S/c1-19-12-7-9(17)3-4-10(12)14-11(16(19)21)8-13(23-14)15(20)18-5-6-22-2/h3-4,7-8H,5-6H2,1-2H3,(H,18,20). The lowest BCUT2D eigenvalue weighted by molar-refractivity contribution is 0.0941. The summed E-state index contributed by atoms with van der Waals surface area (Å²) in [4.78, 5) is 25.2. The van der Waals surface area contributed by atoms with Crippen molar-refractivity contribution in [2.24, 2.45) is 7.05 Å². The van der Waals surface area contributed by atoms with E-state index in [1.54, 1.807) is 36.9 Å². The van der Waals surface area contributed by atoms with Crippen molar-refractivity contribution < 1.29 is 9.53 Å². The first-order valence-electron chi connectivity index (χ1n) is 7.02. The van der Waals surface area contributed by atoms with Gasteiger partial charge in [0, 0.05) is 35.8 Å². The van der Waals surface area contributed by atoms with E-state index in [1.165, 1.54) is 11.3 Å². The molecule has 0 radical (unpaired) electrons. The fraction of sp³-hybridized carbons (Fsp3) is 0.250.